The van der Waals surface area contributed by atoms with E-state index in [1.54, 1.807) is 30.3 Å². The number of carboxylic acids is 1. The summed E-state index contributed by atoms with van der Waals surface area (Å²) in [5, 5.41) is 8.59. The molecule has 1 fully saturated rings. The molecule has 0 radical (unpaired) electrons. The summed E-state index contributed by atoms with van der Waals surface area (Å²) in [6.45, 7) is 0. The number of rotatable bonds is 9. The molecule has 132 valence electrons. The highest BCUT2D eigenvalue weighted by Gasteiger charge is 2.30. The number of benzene rings is 1. The van der Waals surface area contributed by atoms with Crippen LogP contribution in [0.2, 0.25) is 0 Å². The average molecular weight is 351 g/mol. The van der Waals surface area contributed by atoms with Crippen LogP contribution in [0.25, 0.3) is 0 Å². The number of unbranched alkanes of at least 4 members (excludes halogenated alkanes) is 1. The number of carbonyl (C=O) groups is 1. The highest BCUT2D eigenvalue weighted by Crippen LogP contribution is 2.30. The summed E-state index contributed by atoms with van der Waals surface area (Å²) in [4.78, 5) is 10.8. The van der Waals surface area contributed by atoms with Gasteiger partial charge in [0, 0.05) is 12.5 Å². The van der Waals surface area contributed by atoms with Gasteiger partial charge < -0.3 is 5.11 Å². The first kappa shape index (κ1) is 18.7. The normalized spacial score (nSPS) is 21.3. The molecule has 0 bridgehead atoms. The van der Waals surface area contributed by atoms with Gasteiger partial charge in [0.25, 0.3) is 0 Å². The second kappa shape index (κ2) is 8.99. The van der Waals surface area contributed by atoms with Crippen LogP contribution in [0.15, 0.2) is 47.4 Å². The van der Waals surface area contributed by atoms with Gasteiger partial charge >= 0.3 is 5.97 Å². The van der Waals surface area contributed by atoms with Crippen molar-refractivity contribution < 1.29 is 18.3 Å². The highest BCUT2D eigenvalue weighted by atomic mass is 32.2. The van der Waals surface area contributed by atoms with Crippen LogP contribution in [-0.2, 0) is 14.8 Å². The molecule has 6 heteroatoms. The van der Waals surface area contributed by atoms with Gasteiger partial charge in [-0.25, -0.2) is 13.1 Å². The Morgan fingerprint density at radius 1 is 1.21 bits per heavy atom. The molecule has 0 amide bonds. The molecule has 0 spiro atoms. The fourth-order valence-corrected chi connectivity index (χ4v) is 4.46. The monoisotopic (exact) mass is 351 g/mol. The maximum absolute atomic E-state index is 12.4. The lowest BCUT2D eigenvalue weighted by molar-refractivity contribution is -0.137. The Morgan fingerprint density at radius 2 is 1.96 bits per heavy atom. The molecule has 1 aromatic carbocycles. The number of hydrogen-bond acceptors (Lipinski definition) is 3. The van der Waals surface area contributed by atoms with Gasteiger partial charge in [0.15, 0.2) is 0 Å². The van der Waals surface area contributed by atoms with E-state index in [1.165, 1.54) is 0 Å². The molecule has 2 rings (SSSR count). The van der Waals surface area contributed by atoms with E-state index in [4.69, 9.17) is 5.11 Å². The Labute approximate surface area is 143 Å². The minimum absolute atomic E-state index is 0.0288. The van der Waals surface area contributed by atoms with Crippen LogP contribution in [0.1, 0.15) is 44.9 Å². The molecular formula is C18H25NO4S. The summed E-state index contributed by atoms with van der Waals surface area (Å²) in [6, 6.07) is 8.43. The maximum atomic E-state index is 12.4. The third kappa shape index (κ3) is 5.76. The van der Waals surface area contributed by atoms with Crippen LogP contribution in [0.3, 0.4) is 0 Å². The van der Waals surface area contributed by atoms with Gasteiger partial charge in [-0.1, -0.05) is 36.8 Å². The summed E-state index contributed by atoms with van der Waals surface area (Å²) >= 11 is 0. The van der Waals surface area contributed by atoms with E-state index in [9.17, 15) is 13.2 Å². The second-order valence-corrected chi connectivity index (χ2v) is 7.94. The molecule has 0 aliphatic heterocycles. The Morgan fingerprint density at radius 3 is 2.67 bits per heavy atom. The molecule has 5 nitrogen and oxygen atoms in total. The number of sulfonamides is 1. The van der Waals surface area contributed by atoms with Crippen molar-refractivity contribution >= 4 is 16.0 Å². The Balaban J connectivity index is 1.84. The van der Waals surface area contributed by atoms with Crippen LogP contribution in [-0.4, -0.2) is 25.5 Å². The van der Waals surface area contributed by atoms with Crippen LogP contribution in [0.4, 0.5) is 0 Å². The lowest BCUT2D eigenvalue weighted by Gasteiger charge is -2.19. The lowest BCUT2D eigenvalue weighted by Crippen LogP contribution is -2.37. The number of carboxylic acid groups (broad SMARTS) is 1. The van der Waals surface area contributed by atoms with E-state index in [1.807, 2.05) is 6.08 Å². The van der Waals surface area contributed by atoms with E-state index >= 15 is 0 Å². The van der Waals surface area contributed by atoms with Crippen molar-refractivity contribution in [2.75, 3.05) is 0 Å². The fourth-order valence-electron chi connectivity index (χ4n) is 3.10. The molecule has 2 N–H and O–H groups in total. The summed E-state index contributed by atoms with van der Waals surface area (Å²) in [5.74, 6) is -0.464. The molecule has 0 aromatic heterocycles. The molecule has 2 atom stereocenters. The van der Waals surface area contributed by atoms with Crippen molar-refractivity contribution in [2.45, 2.75) is 55.9 Å². The highest BCUT2D eigenvalue weighted by molar-refractivity contribution is 7.89. The summed E-state index contributed by atoms with van der Waals surface area (Å²) in [6.07, 6.45) is 9.37. The minimum Gasteiger partial charge on any atom is -0.481 e. The number of allylic oxidation sites excluding steroid dienone is 2. The quantitative estimate of drug-likeness (QED) is 0.528. The van der Waals surface area contributed by atoms with E-state index in [0.29, 0.717) is 17.2 Å². The van der Waals surface area contributed by atoms with Gasteiger partial charge in [0.2, 0.25) is 10.0 Å². The van der Waals surface area contributed by atoms with Crippen LogP contribution < -0.4 is 4.72 Å². The van der Waals surface area contributed by atoms with Crippen molar-refractivity contribution in [2.24, 2.45) is 5.92 Å². The second-order valence-electron chi connectivity index (χ2n) is 6.22. The predicted octanol–water partition coefficient (Wildman–Crippen LogP) is 3.33. The lowest BCUT2D eigenvalue weighted by atomic mass is 10.00. The smallest absolute Gasteiger partial charge is 0.303 e. The summed E-state index contributed by atoms with van der Waals surface area (Å²) in [7, 11) is -3.46. The zero-order chi connectivity index (χ0) is 17.4. The van der Waals surface area contributed by atoms with Gasteiger partial charge in [-0.15, -0.1) is 0 Å². The average Bonchev–Trinajstić information content (AvgIpc) is 2.98. The van der Waals surface area contributed by atoms with Crippen LogP contribution >= 0.6 is 0 Å². The topological polar surface area (TPSA) is 83.5 Å². The molecular weight excluding hydrogens is 326 g/mol. The largest absolute Gasteiger partial charge is 0.481 e. The van der Waals surface area contributed by atoms with Crippen molar-refractivity contribution in [3.63, 3.8) is 0 Å². The first-order chi connectivity index (χ1) is 11.5. The molecule has 0 unspecified atom stereocenters. The van der Waals surface area contributed by atoms with E-state index in [-0.39, 0.29) is 12.5 Å². The molecule has 1 aromatic rings. The number of hydrogen-bond donors (Lipinski definition) is 2. The summed E-state index contributed by atoms with van der Waals surface area (Å²) < 4.78 is 27.7. The van der Waals surface area contributed by atoms with Gasteiger partial charge in [-0.2, -0.15) is 0 Å². The molecule has 1 saturated carbocycles. The Bertz CT molecular complexity index is 655. The molecule has 24 heavy (non-hydrogen) atoms. The fraction of sp³-hybridized carbons (Fsp3) is 0.500. The Kier molecular flexibility index (Phi) is 6.99. The zero-order valence-corrected chi connectivity index (χ0v) is 14.5. The van der Waals surface area contributed by atoms with Crippen molar-refractivity contribution in [3.05, 3.63) is 42.5 Å². The molecule has 0 saturated heterocycles. The van der Waals surface area contributed by atoms with Gasteiger partial charge in [0.1, 0.15) is 0 Å². The van der Waals surface area contributed by atoms with E-state index in [0.717, 1.165) is 32.1 Å². The number of nitrogens with one attached hydrogen (secondary N) is 1. The third-order valence-electron chi connectivity index (χ3n) is 4.39. The zero-order valence-electron chi connectivity index (χ0n) is 13.7. The van der Waals surface area contributed by atoms with E-state index < -0.39 is 16.0 Å². The van der Waals surface area contributed by atoms with Crippen LogP contribution in [0.5, 0.6) is 0 Å². The standard InChI is InChI=1S/C18H25NO4S/c20-18(21)14-7-2-1-4-9-15-10-8-13-17(15)19-24(22,23)16-11-5-3-6-12-16/h1,3-6,11-12,15,17,19H,2,7-10,13-14H2,(H,20,21)/b4-1-/t15-,17-/m0/s1. The predicted molar refractivity (Wildman–Crippen MR) is 93.1 cm³/mol. The summed E-state index contributed by atoms with van der Waals surface area (Å²) in [5.41, 5.74) is 0. The first-order valence-corrected chi connectivity index (χ1v) is 9.91. The minimum atomic E-state index is -3.46. The molecule has 1 aliphatic carbocycles. The Hall–Kier alpha value is -1.66. The van der Waals surface area contributed by atoms with Crippen LogP contribution in [0, 0.1) is 5.92 Å². The SMILES string of the molecule is O=C(O)CCC/C=C\C[C@H]1CCC[C@@H]1NS(=O)(=O)c1ccccc1. The van der Waals surface area contributed by atoms with E-state index in [2.05, 4.69) is 10.8 Å². The van der Waals surface area contributed by atoms with Crippen molar-refractivity contribution in [1.82, 2.24) is 4.72 Å². The van der Waals surface area contributed by atoms with Crippen molar-refractivity contribution in [3.8, 4) is 0 Å². The first-order valence-electron chi connectivity index (χ1n) is 8.43. The number of aliphatic carboxylic acids is 1. The maximum Gasteiger partial charge on any atom is 0.303 e. The molecule has 1 aliphatic rings. The van der Waals surface area contributed by atoms with Gasteiger partial charge in [0.05, 0.1) is 4.90 Å². The van der Waals surface area contributed by atoms with Gasteiger partial charge in [-0.3, -0.25) is 4.79 Å². The van der Waals surface area contributed by atoms with Crippen molar-refractivity contribution in [1.29, 1.82) is 0 Å². The molecule has 0 heterocycles. The van der Waals surface area contributed by atoms with Gasteiger partial charge in [-0.05, 0) is 50.2 Å². The third-order valence-corrected chi connectivity index (χ3v) is 5.89.